The Kier molecular flexibility index (Phi) is 3.39. The standard InChI is InChI=1S/C12H13N3OS/c1-2-8-5-6-17-11(8)12(16)15-9-3-4-10(13)14-7-9/h3-7H,2H2,1H3,(H2,13,14)(H,15,16). The van der Waals surface area contributed by atoms with Gasteiger partial charge in [0.2, 0.25) is 0 Å². The van der Waals surface area contributed by atoms with E-state index in [9.17, 15) is 4.79 Å². The highest BCUT2D eigenvalue weighted by molar-refractivity contribution is 7.12. The van der Waals surface area contributed by atoms with Gasteiger partial charge in [0.15, 0.2) is 0 Å². The summed E-state index contributed by atoms with van der Waals surface area (Å²) >= 11 is 1.45. The lowest BCUT2D eigenvalue weighted by atomic mass is 10.2. The summed E-state index contributed by atoms with van der Waals surface area (Å²) in [6.07, 6.45) is 2.40. The molecule has 5 heteroatoms. The van der Waals surface area contributed by atoms with Crippen LogP contribution in [-0.2, 0) is 6.42 Å². The Morgan fingerprint density at radius 3 is 2.94 bits per heavy atom. The minimum atomic E-state index is -0.0941. The number of pyridine rings is 1. The number of nitrogens with two attached hydrogens (primary N) is 1. The summed E-state index contributed by atoms with van der Waals surface area (Å²) in [7, 11) is 0. The van der Waals surface area contributed by atoms with Gasteiger partial charge in [-0.05, 0) is 35.6 Å². The molecule has 0 aliphatic carbocycles. The minimum Gasteiger partial charge on any atom is -0.384 e. The van der Waals surface area contributed by atoms with Crippen LogP contribution in [0.3, 0.4) is 0 Å². The minimum absolute atomic E-state index is 0.0941. The molecule has 0 aliphatic rings. The Morgan fingerprint density at radius 1 is 1.47 bits per heavy atom. The molecule has 0 atom stereocenters. The van der Waals surface area contributed by atoms with Crippen LogP contribution in [-0.4, -0.2) is 10.9 Å². The first-order valence-electron chi connectivity index (χ1n) is 5.30. The molecule has 1 amide bonds. The fraction of sp³-hybridized carbons (Fsp3) is 0.167. The van der Waals surface area contributed by atoms with Gasteiger partial charge >= 0.3 is 0 Å². The number of hydrogen-bond donors (Lipinski definition) is 2. The van der Waals surface area contributed by atoms with E-state index in [2.05, 4.69) is 10.3 Å². The third-order valence-corrected chi connectivity index (χ3v) is 3.33. The van der Waals surface area contributed by atoms with E-state index < -0.39 is 0 Å². The number of nitrogen functional groups attached to an aromatic ring is 1. The Labute approximate surface area is 103 Å². The summed E-state index contributed by atoms with van der Waals surface area (Å²) in [4.78, 5) is 16.7. The van der Waals surface area contributed by atoms with Crippen molar-refractivity contribution in [3.05, 3.63) is 40.2 Å². The van der Waals surface area contributed by atoms with Crippen LogP contribution < -0.4 is 11.1 Å². The van der Waals surface area contributed by atoms with Gasteiger partial charge in [0, 0.05) is 0 Å². The number of amides is 1. The second-order valence-electron chi connectivity index (χ2n) is 3.55. The number of thiophene rings is 1. The molecule has 3 N–H and O–H groups in total. The van der Waals surface area contributed by atoms with E-state index in [0.717, 1.165) is 16.9 Å². The Hall–Kier alpha value is -1.88. The highest BCUT2D eigenvalue weighted by Crippen LogP contribution is 2.19. The zero-order valence-electron chi connectivity index (χ0n) is 9.43. The van der Waals surface area contributed by atoms with Gasteiger partial charge in [-0.1, -0.05) is 6.92 Å². The molecule has 0 saturated carbocycles. The van der Waals surface area contributed by atoms with Gasteiger partial charge in [0.25, 0.3) is 5.91 Å². The van der Waals surface area contributed by atoms with Crippen LogP contribution in [0.2, 0.25) is 0 Å². The topological polar surface area (TPSA) is 68.0 Å². The number of anilines is 2. The predicted octanol–water partition coefficient (Wildman–Crippen LogP) is 2.54. The second kappa shape index (κ2) is 4.97. The Balaban J connectivity index is 2.14. The molecule has 17 heavy (non-hydrogen) atoms. The van der Waals surface area contributed by atoms with Gasteiger partial charge < -0.3 is 11.1 Å². The van der Waals surface area contributed by atoms with Crippen molar-refractivity contribution in [2.75, 3.05) is 11.1 Å². The molecule has 0 unspecified atom stereocenters. The maximum atomic E-state index is 12.0. The molecule has 4 nitrogen and oxygen atoms in total. The lowest BCUT2D eigenvalue weighted by molar-refractivity contribution is 0.103. The second-order valence-corrected chi connectivity index (χ2v) is 4.47. The lowest BCUT2D eigenvalue weighted by Gasteiger charge is -2.04. The number of nitrogens with one attached hydrogen (secondary N) is 1. The number of aromatic nitrogens is 1. The van der Waals surface area contributed by atoms with Gasteiger partial charge in [-0.3, -0.25) is 4.79 Å². The van der Waals surface area contributed by atoms with Crippen molar-refractivity contribution >= 4 is 28.7 Å². The van der Waals surface area contributed by atoms with Crippen molar-refractivity contribution in [1.82, 2.24) is 4.98 Å². The number of nitrogens with zero attached hydrogens (tertiary/aromatic N) is 1. The maximum Gasteiger partial charge on any atom is 0.266 e. The molecular weight excluding hydrogens is 234 g/mol. The van der Waals surface area contributed by atoms with Crippen LogP contribution in [0.25, 0.3) is 0 Å². The zero-order chi connectivity index (χ0) is 12.3. The number of rotatable bonds is 3. The summed E-state index contributed by atoms with van der Waals surface area (Å²) in [6.45, 7) is 2.03. The van der Waals surface area contributed by atoms with Crippen molar-refractivity contribution in [3.63, 3.8) is 0 Å². The van der Waals surface area contributed by atoms with Crippen molar-refractivity contribution < 1.29 is 4.79 Å². The zero-order valence-corrected chi connectivity index (χ0v) is 10.3. The highest BCUT2D eigenvalue weighted by atomic mass is 32.1. The smallest absolute Gasteiger partial charge is 0.266 e. The monoisotopic (exact) mass is 247 g/mol. The molecule has 88 valence electrons. The van der Waals surface area contributed by atoms with Gasteiger partial charge in [0.05, 0.1) is 16.8 Å². The van der Waals surface area contributed by atoms with Gasteiger partial charge in [-0.15, -0.1) is 11.3 Å². The summed E-state index contributed by atoms with van der Waals surface area (Å²) in [6, 6.07) is 5.37. The van der Waals surface area contributed by atoms with Crippen LogP contribution in [0.1, 0.15) is 22.2 Å². The number of carbonyl (C=O) groups excluding carboxylic acids is 1. The molecule has 2 aromatic heterocycles. The SMILES string of the molecule is CCc1ccsc1C(=O)Nc1ccc(N)nc1. The van der Waals surface area contributed by atoms with Crippen molar-refractivity contribution in [2.45, 2.75) is 13.3 Å². The van der Waals surface area contributed by atoms with Crippen LogP contribution in [0, 0.1) is 0 Å². The molecule has 2 rings (SSSR count). The van der Waals surface area contributed by atoms with Gasteiger partial charge in [-0.2, -0.15) is 0 Å². The van der Waals surface area contributed by atoms with Gasteiger partial charge in [0.1, 0.15) is 5.82 Å². The average molecular weight is 247 g/mol. The van der Waals surface area contributed by atoms with E-state index in [1.807, 2.05) is 18.4 Å². The molecule has 0 aromatic carbocycles. The van der Waals surface area contributed by atoms with Crippen LogP contribution in [0.5, 0.6) is 0 Å². The Bertz CT molecular complexity index is 519. The van der Waals surface area contributed by atoms with Crippen molar-refractivity contribution in [2.24, 2.45) is 0 Å². The summed E-state index contributed by atoms with van der Waals surface area (Å²) in [5.41, 5.74) is 7.19. The summed E-state index contributed by atoms with van der Waals surface area (Å²) in [5, 5.41) is 4.73. The average Bonchev–Trinajstić information content (AvgIpc) is 2.80. The molecule has 0 radical (unpaired) electrons. The fourth-order valence-corrected chi connectivity index (χ4v) is 2.37. The molecule has 0 bridgehead atoms. The first-order chi connectivity index (χ1) is 8.20. The predicted molar refractivity (Wildman–Crippen MR) is 70.3 cm³/mol. The Morgan fingerprint density at radius 2 is 2.29 bits per heavy atom. The van der Waals surface area contributed by atoms with Crippen LogP contribution in [0.4, 0.5) is 11.5 Å². The van der Waals surface area contributed by atoms with Crippen LogP contribution in [0.15, 0.2) is 29.8 Å². The summed E-state index contributed by atoms with van der Waals surface area (Å²) in [5.74, 6) is 0.344. The lowest BCUT2D eigenvalue weighted by Crippen LogP contribution is -2.12. The summed E-state index contributed by atoms with van der Waals surface area (Å²) < 4.78 is 0. The molecule has 0 saturated heterocycles. The van der Waals surface area contributed by atoms with E-state index in [4.69, 9.17) is 5.73 Å². The number of carbonyl (C=O) groups is 1. The normalized spacial score (nSPS) is 10.2. The first kappa shape index (κ1) is 11.6. The number of aryl methyl sites for hydroxylation is 1. The molecule has 0 aliphatic heterocycles. The molecule has 2 aromatic rings. The molecular formula is C12H13N3OS. The molecule has 0 fully saturated rings. The largest absolute Gasteiger partial charge is 0.384 e. The van der Waals surface area contributed by atoms with Gasteiger partial charge in [-0.25, -0.2) is 4.98 Å². The third kappa shape index (κ3) is 2.62. The van der Waals surface area contributed by atoms with E-state index in [-0.39, 0.29) is 5.91 Å². The van der Waals surface area contributed by atoms with E-state index in [1.165, 1.54) is 11.3 Å². The van der Waals surface area contributed by atoms with Crippen molar-refractivity contribution in [3.8, 4) is 0 Å². The highest BCUT2D eigenvalue weighted by Gasteiger charge is 2.11. The molecule has 2 heterocycles. The van der Waals surface area contributed by atoms with E-state index in [1.54, 1.807) is 18.3 Å². The first-order valence-corrected chi connectivity index (χ1v) is 6.18. The van der Waals surface area contributed by atoms with Crippen molar-refractivity contribution in [1.29, 1.82) is 0 Å². The number of hydrogen-bond acceptors (Lipinski definition) is 4. The van der Waals surface area contributed by atoms with Crippen LogP contribution >= 0.6 is 11.3 Å². The fourth-order valence-electron chi connectivity index (χ4n) is 1.48. The maximum absolute atomic E-state index is 12.0. The molecule has 0 spiro atoms. The van der Waals surface area contributed by atoms with E-state index in [0.29, 0.717) is 11.5 Å². The third-order valence-electron chi connectivity index (χ3n) is 2.38. The van der Waals surface area contributed by atoms with E-state index >= 15 is 0 Å². The quantitative estimate of drug-likeness (QED) is 0.875.